The molecule has 0 aromatic carbocycles. The SMILES string of the molecule is CC(Nc1nc(OCCO)c2c(-c3ccc4nccn4c3)cn(CO)c2n1)C(F)(F)F. The van der Waals surface area contributed by atoms with Crippen molar-refractivity contribution in [3.8, 4) is 17.0 Å². The summed E-state index contributed by atoms with van der Waals surface area (Å²) in [5.41, 5.74) is 2.24. The number of ether oxygens (including phenoxy) is 1. The molecule has 0 amide bonds. The van der Waals surface area contributed by atoms with Crippen LogP contribution in [0.15, 0.2) is 36.9 Å². The first-order valence-corrected chi connectivity index (χ1v) is 9.33. The van der Waals surface area contributed by atoms with Gasteiger partial charge >= 0.3 is 6.18 Å². The van der Waals surface area contributed by atoms with E-state index >= 15 is 0 Å². The van der Waals surface area contributed by atoms with Crippen LogP contribution in [0.4, 0.5) is 19.1 Å². The van der Waals surface area contributed by atoms with Gasteiger partial charge in [0.25, 0.3) is 0 Å². The highest BCUT2D eigenvalue weighted by atomic mass is 19.4. The van der Waals surface area contributed by atoms with Crippen LogP contribution in [-0.4, -0.2) is 59.6 Å². The second-order valence-electron chi connectivity index (χ2n) is 6.80. The summed E-state index contributed by atoms with van der Waals surface area (Å²) < 4.78 is 47.7. The first-order chi connectivity index (χ1) is 14.8. The number of aliphatic hydroxyl groups is 2. The molecule has 0 aliphatic heterocycles. The summed E-state index contributed by atoms with van der Waals surface area (Å²) in [6, 6.07) is 1.70. The number of alkyl halides is 3. The average Bonchev–Trinajstić information content (AvgIpc) is 3.35. The summed E-state index contributed by atoms with van der Waals surface area (Å²) in [5, 5.41) is 21.6. The van der Waals surface area contributed by atoms with Gasteiger partial charge in [-0.3, -0.25) is 0 Å². The molecule has 0 spiro atoms. The minimum absolute atomic E-state index is 0.0103. The molecule has 0 saturated carbocycles. The number of hydrogen-bond donors (Lipinski definition) is 3. The van der Waals surface area contributed by atoms with Crippen molar-refractivity contribution in [3.63, 3.8) is 0 Å². The molecular formula is C19H19F3N6O3. The maximum atomic E-state index is 13.0. The number of pyridine rings is 1. The smallest absolute Gasteiger partial charge is 0.408 e. The Balaban J connectivity index is 1.89. The van der Waals surface area contributed by atoms with Gasteiger partial charge in [0.15, 0.2) is 5.65 Å². The van der Waals surface area contributed by atoms with E-state index in [4.69, 9.17) is 9.84 Å². The Morgan fingerprint density at radius 3 is 2.71 bits per heavy atom. The van der Waals surface area contributed by atoms with Crippen LogP contribution in [0.2, 0.25) is 0 Å². The molecule has 4 heterocycles. The van der Waals surface area contributed by atoms with Gasteiger partial charge in [-0.1, -0.05) is 0 Å². The van der Waals surface area contributed by atoms with Gasteiger partial charge in [-0.2, -0.15) is 23.1 Å². The molecule has 3 N–H and O–H groups in total. The Hall–Kier alpha value is -3.38. The van der Waals surface area contributed by atoms with Crippen LogP contribution in [0, 0.1) is 0 Å². The van der Waals surface area contributed by atoms with Crippen molar-refractivity contribution < 1.29 is 28.1 Å². The number of halogens is 3. The first kappa shape index (κ1) is 20.9. The molecule has 0 saturated heterocycles. The highest BCUT2D eigenvalue weighted by Crippen LogP contribution is 2.36. The third-order valence-electron chi connectivity index (χ3n) is 4.70. The number of nitrogens with one attached hydrogen (secondary N) is 1. The Kier molecular flexibility index (Phi) is 5.41. The van der Waals surface area contributed by atoms with Gasteiger partial charge < -0.3 is 29.2 Å². The van der Waals surface area contributed by atoms with Crippen molar-refractivity contribution in [2.24, 2.45) is 0 Å². The molecule has 4 rings (SSSR count). The fourth-order valence-corrected chi connectivity index (χ4v) is 3.15. The summed E-state index contributed by atoms with van der Waals surface area (Å²) in [6.07, 6.45) is 2.33. The molecule has 1 atom stereocenters. The number of aromatic nitrogens is 5. The highest BCUT2D eigenvalue weighted by molar-refractivity contribution is 5.98. The van der Waals surface area contributed by atoms with Gasteiger partial charge in [0.1, 0.15) is 25.0 Å². The number of fused-ring (bicyclic) bond motifs is 2. The number of rotatable bonds is 7. The monoisotopic (exact) mass is 436 g/mol. The zero-order valence-corrected chi connectivity index (χ0v) is 16.3. The van der Waals surface area contributed by atoms with Crippen LogP contribution >= 0.6 is 0 Å². The lowest BCUT2D eigenvalue weighted by atomic mass is 10.1. The zero-order valence-electron chi connectivity index (χ0n) is 16.3. The summed E-state index contributed by atoms with van der Waals surface area (Å²) >= 11 is 0. The van der Waals surface area contributed by atoms with Gasteiger partial charge in [-0.25, -0.2) is 4.98 Å². The lowest BCUT2D eigenvalue weighted by Crippen LogP contribution is -2.33. The molecule has 4 aromatic rings. The normalized spacial score (nSPS) is 13.1. The van der Waals surface area contributed by atoms with Gasteiger partial charge in [-0.15, -0.1) is 0 Å². The third-order valence-corrected chi connectivity index (χ3v) is 4.70. The van der Waals surface area contributed by atoms with Gasteiger partial charge in [0, 0.05) is 35.9 Å². The molecule has 0 fully saturated rings. The standard InChI is InChI=1S/C19H19F3N6O3/c1-11(19(20,21)22)24-18-25-16-15(17(26-18)31-7-6-29)13(9-28(16)10-30)12-2-3-14-23-4-5-27(14)8-12/h2-5,8-9,11,29-30H,6-7,10H2,1H3,(H,24,25,26). The molecule has 0 aliphatic rings. The molecule has 31 heavy (non-hydrogen) atoms. The molecule has 1 unspecified atom stereocenters. The molecule has 4 aromatic heterocycles. The van der Waals surface area contributed by atoms with Crippen molar-refractivity contribution in [1.82, 2.24) is 23.9 Å². The van der Waals surface area contributed by atoms with Gasteiger partial charge in [0.2, 0.25) is 11.8 Å². The minimum atomic E-state index is -4.51. The van der Waals surface area contributed by atoms with Crippen molar-refractivity contribution in [2.75, 3.05) is 18.5 Å². The van der Waals surface area contributed by atoms with Gasteiger partial charge in [-0.05, 0) is 19.1 Å². The van der Waals surface area contributed by atoms with E-state index in [-0.39, 0.29) is 30.7 Å². The van der Waals surface area contributed by atoms with E-state index < -0.39 is 18.9 Å². The molecule has 164 valence electrons. The van der Waals surface area contributed by atoms with E-state index in [1.54, 1.807) is 29.1 Å². The third kappa shape index (κ3) is 3.99. The maximum Gasteiger partial charge on any atom is 0.408 e. The number of hydrogen-bond acceptors (Lipinski definition) is 7. The van der Waals surface area contributed by atoms with E-state index in [0.717, 1.165) is 18.1 Å². The quantitative estimate of drug-likeness (QED) is 0.408. The lowest BCUT2D eigenvalue weighted by molar-refractivity contribution is -0.138. The largest absolute Gasteiger partial charge is 0.475 e. The summed E-state index contributed by atoms with van der Waals surface area (Å²) in [4.78, 5) is 12.5. The summed E-state index contributed by atoms with van der Waals surface area (Å²) in [7, 11) is 0. The Morgan fingerprint density at radius 1 is 1.19 bits per heavy atom. The van der Waals surface area contributed by atoms with Crippen molar-refractivity contribution >= 4 is 22.6 Å². The number of imidazole rings is 1. The van der Waals surface area contributed by atoms with Crippen molar-refractivity contribution in [2.45, 2.75) is 25.9 Å². The number of aliphatic hydroxyl groups excluding tert-OH is 2. The van der Waals surface area contributed by atoms with E-state index in [1.807, 2.05) is 12.3 Å². The van der Waals surface area contributed by atoms with Crippen LogP contribution in [-0.2, 0) is 6.73 Å². The fraction of sp³-hybridized carbons (Fsp3) is 0.316. The van der Waals surface area contributed by atoms with Crippen LogP contribution in [0.25, 0.3) is 27.8 Å². The molecule has 9 nitrogen and oxygen atoms in total. The Morgan fingerprint density at radius 2 is 2.00 bits per heavy atom. The highest BCUT2D eigenvalue weighted by Gasteiger charge is 2.36. The molecule has 0 radical (unpaired) electrons. The second kappa shape index (κ2) is 8.04. The van der Waals surface area contributed by atoms with E-state index in [1.165, 1.54) is 4.57 Å². The van der Waals surface area contributed by atoms with Gasteiger partial charge in [0.05, 0.1) is 12.0 Å². The molecular weight excluding hydrogens is 417 g/mol. The number of anilines is 1. The molecule has 0 aliphatic carbocycles. The Bertz CT molecular complexity index is 1220. The predicted octanol–water partition coefficient (Wildman–Crippen LogP) is 2.43. The summed E-state index contributed by atoms with van der Waals surface area (Å²) in [6.45, 7) is 0.0438. The topological polar surface area (TPSA) is 110 Å². The van der Waals surface area contributed by atoms with Crippen molar-refractivity contribution in [3.05, 3.63) is 36.9 Å². The average molecular weight is 436 g/mol. The van der Waals surface area contributed by atoms with Crippen molar-refractivity contribution in [1.29, 1.82) is 0 Å². The minimum Gasteiger partial charge on any atom is -0.475 e. The number of nitrogens with zero attached hydrogens (tertiary/aromatic N) is 5. The first-order valence-electron chi connectivity index (χ1n) is 9.33. The summed E-state index contributed by atoms with van der Waals surface area (Å²) in [5.74, 6) is -0.321. The van der Waals surface area contributed by atoms with Crippen LogP contribution in [0.3, 0.4) is 0 Å². The Labute approximate surface area is 173 Å². The van der Waals surface area contributed by atoms with E-state index in [0.29, 0.717) is 10.9 Å². The van der Waals surface area contributed by atoms with Crippen LogP contribution in [0.1, 0.15) is 6.92 Å². The van der Waals surface area contributed by atoms with E-state index in [2.05, 4.69) is 20.3 Å². The van der Waals surface area contributed by atoms with Crippen LogP contribution in [0.5, 0.6) is 5.88 Å². The zero-order chi connectivity index (χ0) is 22.2. The molecule has 12 heteroatoms. The fourth-order valence-electron chi connectivity index (χ4n) is 3.15. The maximum absolute atomic E-state index is 13.0. The molecule has 0 bridgehead atoms. The second-order valence-corrected chi connectivity index (χ2v) is 6.80. The lowest BCUT2D eigenvalue weighted by Gasteiger charge is -2.18. The predicted molar refractivity (Wildman–Crippen MR) is 106 cm³/mol. The van der Waals surface area contributed by atoms with E-state index in [9.17, 15) is 18.3 Å². The van der Waals surface area contributed by atoms with Crippen LogP contribution < -0.4 is 10.1 Å².